The topological polar surface area (TPSA) is 36.8 Å². The van der Waals surface area contributed by atoms with Gasteiger partial charge in [-0.25, -0.2) is 4.79 Å². The van der Waals surface area contributed by atoms with E-state index >= 15 is 0 Å². The minimum absolute atomic E-state index is 0.0751. The molecule has 4 nitrogen and oxygen atoms in total. The molecule has 2 rings (SSSR count). The summed E-state index contributed by atoms with van der Waals surface area (Å²) in [6, 6.07) is 17.5. The molecule has 1 atom stereocenters. The van der Waals surface area contributed by atoms with Crippen molar-refractivity contribution in [3.63, 3.8) is 0 Å². The molecule has 2 N–H and O–H groups in total. The van der Waals surface area contributed by atoms with Crippen molar-refractivity contribution in [1.82, 2.24) is 4.90 Å². The van der Waals surface area contributed by atoms with Gasteiger partial charge in [-0.05, 0) is 63.4 Å². The first-order chi connectivity index (χ1) is 13.5. The Balaban J connectivity index is 2.04. The predicted molar refractivity (Wildman–Crippen MR) is 118 cm³/mol. The number of quaternary nitrogens is 1. The number of hydrogen-bond donors (Lipinski definition) is 2. The number of amides is 2. The highest BCUT2D eigenvalue weighted by atomic mass is 35.5. The van der Waals surface area contributed by atoms with Crippen molar-refractivity contribution in [2.75, 3.05) is 25.0 Å². The van der Waals surface area contributed by atoms with Gasteiger partial charge in [-0.3, -0.25) is 0 Å². The Morgan fingerprint density at radius 3 is 2.32 bits per heavy atom. The molecule has 0 aliphatic carbocycles. The minimum atomic E-state index is -0.0751. The summed E-state index contributed by atoms with van der Waals surface area (Å²) >= 11 is 5.95. The van der Waals surface area contributed by atoms with Crippen molar-refractivity contribution in [3.8, 4) is 0 Å². The number of urea groups is 1. The molecule has 0 saturated carbocycles. The molecule has 0 bridgehead atoms. The number of hydrogen-bond acceptors (Lipinski definition) is 1. The van der Waals surface area contributed by atoms with Gasteiger partial charge in [0.25, 0.3) is 0 Å². The first kappa shape index (κ1) is 22.3. The molecule has 0 radical (unpaired) electrons. The van der Waals surface area contributed by atoms with Crippen molar-refractivity contribution >= 4 is 23.3 Å². The average Bonchev–Trinajstić information content (AvgIpc) is 2.71. The zero-order valence-electron chi connectivity index (χ0n) is 17.2. The lowest BCUT2D eigenvalue weighted by Crippen LogP contribution is -3.11. The fourth-order valence-electron chi connectivity index (χ4n) is 3.34. The van der Waals surface area contributed by atoms with E-state index in [2.05, 4.69) is 38.2 Å². The van der Waals surface area contributed by atoms with Gasteiger partial charge in [-0.15, -0.1) is 0 Å². The van der Waals surface area contributed by atoms with Crippen LogP contribution in [0.4, 0.5) is 10.5 Å². The standard InChI is InChI=1S/C23H32ClN3O/c1-4-26(5-2)17-9-10-19(3)27(18-20-11-7-6-8-12-20)23(28)25-22-15-13-21(24)14-16-22/h6-8,11-16,19H,4-5,9-10,17-18H2,1-3H3,(H,25,28)/p+1/t19-/m0/s1. The number of halogens is 1. The van der Waals surface area contributed by atoms with Crippen LogP contribution in [0, 0.1) is 0 Å². The van der Waals surface area contributed by atoms with Gasteiger partial charge >= 0.3 is 6.03 Å². The van der Waals surface area contributed by atoms with Crippen LogP contribution in [0.5, 0.6) is 0 Å². The number of nitrogens with zero attached hydrogens (tertiary/aromatic N) is 1. The van der Waals surface area contributed by atoms with Crippen LogP contribution in [0.25, 0.3) is 0 Å². The fourth-order valence-corrected chi connectivity index (χ4v) is 3.47. The first-order valence-electron chi connectivity index (χ1n) is 10.2. The zero-order valence-corrected chi connectivity index (χ0v) is 18.0. The van der Waals surface area contributed by atoms with Crippen LogP contribution in [0.2, 0.25) is 5.02 Å². The number of rotatable bonds is 10. The van der Waals surface area contributed by atoms with Crippen LogP contribution in [0.3, 0.4) is 0 Å². The molecule has 2 amide bonds. The normalized spacial score (nSPS) is 12.0. The van der Waals surface area contributed by atoms with E-state index in [1.165, 1.54) is 0 Å². The van der Waals surface area contributed by atoms with Crippen molar-refractivity contribution < 1.29 is 9.69 Å². The molecule has 0 aromatic heterocycles. The molecule has 152 valence electrons. The van der Waals surface area contributed by atoms with E-state index in [-0.39, 0.29) is 12.1 Å². The van der Waals surface area contributed by atoms with E-state index in [0.717, 1.165) is 43.7 Å². The van der Waals surface area contributed by atoms with Crippen LogP contribution in [-0.2, 0) is 6.54 Å². The first-order valence-corrected chi connectivity index (χ1v) is 10.6. The van der Waals surface area contributed by atoms with E-state index in [9.17, 15) is 4.79 Å². The lowest BCUT2D eigenvalue weighted by molar-refractivity contribution is -0.896. The lowest BCUT2D eigenvalue weighted by Gasteiger charge is -2.30. The summed E-state index contributed by atoms with van der Waals surface area (Å²) < 4.78 is 0. The van der Waals surface area contributed by atoms with Gasteiger partial charge in [0, 0.05) is 23.3 Å². The second-order valence-electron chi connectivity index (χ2n) is 7.25. The van der Waals surface area contributed by atoms with Crippen molar-refractivity contribution in [2.45, 2.75) is 46.2 Å². The van der Waals surface area contributed by atoms with Gasteiger partial charge in [-0.1, -0.05) is 41.9 Å². The quantitative estimate of drug-likeness (QED) is 0.604. The SMILES string of the molecule is CC[NH+](CC)CCC[C@H](C)N(Cc1ccccc1)C(=O)Nc1ccc(Cl)cc1. The van der Waals surface area contributed by atoms with Gasteiger partial charge in [0.1, 0.15) is 0 Å². The Kier molecular flexibility index (Phi) is 9.32. The predicted octanol–water partition coefficient (Wildman–Crippen LogP) is 4.47. The number of carbonyl (C=O) groups is 1. The maximum atomic E-state index is 13.0. The Hall–Kier alpha value is -2.04. The van der Waals surface area contributed by atoms with Crippen molar-refractivity contribution in [1.29, 1.82) is 0 Å². The summed E-state index contributed by atoms with van der Waals surface area (Å²) in [7, 11) is 0. The molecule has 0 fully saturated rings. The molecule has 0 aliphatic rings. The maximum absolute atomic E-state index is 13.0. The minimum Gasteiger partial charge on any atom is -0.335 e. The van der Waals surface area contributed by atoms with Crippen molar-refractivity contribution in [3.05, 3.63) is 65.2 Å². The average molecular weight is 403 g/mol. The molecule has 2 aromatic carbocycles. The number of benzene rings is 2. The van der Waals surface area contributed by atoms with Crippen LogP contribution in [-0.4, -0.2) is 36.6 Å². The number of anilines is 1. The van der Waals surface area contributed by atoms with E-state index in [4.69, 9.17) is 11.6 Å². The highest BCUT2D eigenvalue weighted by Gasteiger charge is 2.21. The molecule has 2 aromatic rings. The Labute approximate surface area is 174 Å². The van der Waals surface area contributed by atoms with E-state index in [1.54, 1.807) is 17.0 Å². The summed E-state index contributed by atoms with van der Waals surface area (Å²) in [6.07, 6.45) is 2.10. The van der Waals surface area contributed by atoms with Gasteiger partial charge in [-0.2, -0.15) is 0 Å². The van der Waals surface area contributed by atoms with E-state index in [1.807, 2.05) is 35.2 Å². The van der Waals surface area contributed by atoms with Crippen molar-refractivity contribution in [2.24, 2.45) is 0 Å². The van der Waals surface area contributed by atoms with Crippen LogP contribution in [0.15, 0.2) is 54.6 Å². The van der Waals surface area contributed by atoms with Gasteiger partial charge in [0.2, 0.25) is 0 Å². The van der Waals surface area contributed by atoms with Crippen LogP contribution in [0.1, 0.15) is 39.2 Å². The van der Waals surface area contributed by atoms with Gasteiger partial charge in [0.05, 0.1) is 19.6 Å². The van der Waals surface area contributed by atoms with Crippen LogP contribution < -0.4 is 10.2 Å². The summed E-state index contributed by atoms with van der Waals surface area (Å²) in [5, 5.41) is 3.67. The van der Waals surface area contributed by atoms with E-state index in [0.29, 0.717) is 11.6 Å². The monoisotopic (exact) mass is 402 g/mol. The molecule has 0 heterocycles. The molecule has 0 saturated heterocycles. The Morgan fingerprint density at radius 1 is 1.07 bits per heavy atom. The smallest absolute Gasteiger partial charge is 0.322 e. The molecule has 0 aliphatic heterocycles. The third kappa shape index (κ3) is 7.17. The number of nitrogens with one attached hydrogen (secondary N) is 2. The maximum Gasteiger partial charge on any atom is 0.322 e. The zero-order chi connectivity index (χ0) is 20.4. The summed E-state index contributed by atoms with van der Waals surface area (Å²) in [5.74, 6) is 0. The lowest BCUT2D eigenvalue weighted by atomic mass is 10.1. The molecule has 0 unspecified atom stereocenters. The largest absolute Gasteiger partial charge is 0.335 e. The van der Waals surface area contributed by atoms with Gasteiger partial charge < -0.3 is 15.1 Å². The number of carbonyl (C=O) groups excluding carboxylic acids is 1. The second-order valence-corrected chi connectivity index (χ2v) is 7.69. The van der Waals surface area contributed by atoms with E-state index < -0.39 is 0 Å². The third-order valence-electron chi connectivity index (χ3n) is 5.24. The third-order valence-corrected chi connectivity index (χ3v) is 5.49. The fraction of sp³-hybridized carbons (Fsp3) is 0.435. The second kappa shape index (κ2) is 11.7. The highest BCUT2D eigenvalue weighted by Crippen LogP contribution is 2.17. The summed E-state index contributed by atoms with van der Waals surface area (Å²) in [6.45, 7) is 10.6. The molecule has 0 spiro atoms. The van der Waals surface area contributed by atoms with Gasteiger partial charge in [0.15, 0.2) is 0 Å². The molecule has 28 heavy (non-hydrogen) atoms. The highest BCUT2D eigenvalue weighted by molar-refractivity contribution is 6.30. The Bertz CT molecular complexity index is 702. The summed E-state index contributed by atoms with van der Waals surface area (Å²) in [5.41, 5.74) is 1.89. The molecular weight excluding hydrogens is 370 g/mol. The molecule has 5 heteroatoms. The Morgan fingerprint density at radius 2 is 1.71 bits per heavy atom. The summed E-state index contributed by atoms with van der Waals surface area (Å²) in [4.78, 5) is 16.6. The van der Waals surface area contributed by atoms with Crippen LogP contribution >= 0.6 is 11.6 Å². The molecular formula is C23H33ClN3O+.